The SMILES string of the molecule is Cc1cc(C)n(-c2cncc(NCCN3CCC(C)CC3)n2)n1. The zero-order valence-corrected chi connectivity index (χ0v) is 14.3. The zero-order chi connectivity index (χ0) is 16.2. The summed E-state index contributed by atoms with van der Waals surface area (Å²) in [6, 6.07) is 2.04. The maximum absolute atomic E-state index is 4.62. The zero-order valence-electron chi connectivity index (χ0n) is 14.3. The Labute approximate surface area is 137 Å². The van der Waals surface area contributed by atoms with Crippen molar-refractivity contribution in [3.05, 3.63) is 29.8 Å². The van der Waals surface area contributed by atoms with Crippen LogP contribution in [0.2, 0.25) is 0 Å². The number of aromatic nitrogens is 4. The Bertz CT molecular complexity index is 642. The predicted octanol–water partition coefficient (Wildman–Crippen LogP) is 2.42. The third-order valence-electron chi connectivity index (χ3n) is 4.46. The van der Waals surface area contributed by atoms with Crippen molar-refractivity contribution in [1.82, 2.24) is 24.6 Å². The van der Waals surface area contributed by atoms with Gasteiger partial charge in [-0.2, -0.15) is 5.10 Å². The number of likely N-dealkylation sites (tertiary alicyclic amines) is 1. The lowest BCUT2D eigenvalue weighted by atomic mass is 9.99. The molecule has 1 fully saturated rings. The van der Waals surface area contributed by atoms with Crippen molar-refractivity contribution in [2.24, 2.45) is 5.92 Å². The Morgan fingerprint density at radius 3 is 2.70 bits per heavy atom. The van der Waals surface area contributed by atoms with E-state index in [1.807, 2.05) is 24.6 Å². The minimum atomic E-state index is 0.757. The molecule has 1 aliphatic rings. The van der Waals surface area contributed by atoms with Crippen LogP contribution in [-0.4, -0.2) is 50.8 Å². The number of rotatable bonds is 5. The summed E-state index contributed by atoms with van der Waals surface area (Å²) in [4.78, 5) is 11.4. The lowest BCUT2D eigenvalue weighted by Gasteiger charge is -2.30. The average molecular weight is 314 g/mol. The summed E-state index contributed by atoms with van der Waals surface area (Å²) in [6.07, 6.45) is 6.14. The second kappa shape index (κ2) is 7.08. The maximum Gasteiger partial charge on any atom is 0.174 e. The molecule has 0 saturated carbocycles. The van der Waals surface area contributed by atoms with E-state index in [4.69, 9.17) is 0 Å². The third kappa shape index (κ3) is 4.07. The minimum absolute atomic E-state index is 0.757. The van der Waals surface area contributed by atoms with E-state index in [0.717, 1.165) is 42.0 Å². The molecule has 2 aromatic heterocycles. The first-order valence-electron chi connectivity index (χ1n) is 8.44. The van der Waals surface area contributed by atoms with Crippen molar-refractivity contribution in [2.75, 3.05) is 31.5 Å². The van der Waals surface area contributed by atoms with Crippen molar-refractivity contribution in [3.63, 3.8) is 0 Å². The fourth-order valence-electron chi connectivity index (χ4n) is 3.03. The molecule has 124 valence electrons. The Morgan fingerprint density at radius 1 is 1.22 bits per heavy atom. The summed E-state index contributed by atoms with van der Waals surface area (Å²) < 4.78 is 1.83. The third-order valence-corrected chi connectivity index (χ3v) is 4.46. The van der Waals surface area contributed by atoms with Gasteiger partial charge in [0.1, 0.15) is 5.82 Å². The Morgan fingerprint density at radius 2 is 2.00 bits per heavy atom. The van der Waals surface area contributed by atoms with Gasteiger partial charge in [-0.3, -0.25) is 4.98 Å². The van der Waals surface area contributed by atoms with Crippen LogP contribution in [0, 0.1) is 19.8 Å². The molecule has 3 rings (SSSR count). The summed E-state index contributed by atoms with van der Waals surface area (Å²) >= 11 is 0. The molecule has 0 amide bonds. The highest BCUT2D eigenvalue weighted by Crippen LogP contribution is 2.15. The van der Waals surface area contributed by atoms with Gasteiger partial charge in [0.2, 0.25) is 0 Å². The van der Waals surface area contributed by atoms with Gasteiger partial charge in [0.25, 0.3) is 0 Å². The standard InChI is InChI=1S/C17H26N6/c1-13-4-7-22(8-5-13)9-6-19-16-11-18-12-17(20-16)23-15(3)10-14(2)21-23/h10-13H,4-9H2,1-3H3,(H,19,20). The van der Waals surface area contributed by atoms with Gasteiger partial charge < -0.3 is 10.2 Å². The van der Waals surface area contributed by atoms with Crippen LogP contribution in [0.25, 0.3) is 5.82 Å². The van der Waals surface area contributed by atoms with E-state index < -0.39 is 0 Å². The molecular weight excluding hydrogens is 288 g/mol. The van der Waals surface area contributed by atoms with E-state index >= 15 is 0 Å². The van der Waals surface area contributed by atoms with Crippen molar-refractivity contribution < 1.29 is 0 Å². The first-order valence-corrected chi connectivity index (χ1v) is 8.44. The Hall–Kier alpha value is -1.95. The second-order valence-corrected chi connectivity index (χ2v) is 6.55. The first kappa shape index (κ1) is 15.9. The van der Waals surface area contributed by atoms with Gasteiger partial charge in [-0.15, -0.1) is 0 Å². The van der Waals surface area contributed by atoms with E-state index in [2.05, 4.69) is 32.2 Å². The van der Waals surface area contributed by atoms with Crippen LogP contribution in [0.1, 0.15) is 31.2 Å². The van der Waals surface area contributed by atoms with Crippen molar-refractivity contribution in [3.8, 4) is 5.82 Å². The van der Waals surface area contributed by atoms with Gasteiger partial charge in [-0.05, 0) is 51.8 Å². The van der Waals surface area contributed by atoms with Crippen LogP contribution in [0.3, 0.4) is 0 Å². The quantitative estimate of drug-likeness (QED) is 0.918. The number of piperidine rings is 1. The fraction of sp³-hybridized carbons (Fsp3) is 0.588. The minimum Gasteiger partial charge on any atom is -0.367 e. The molecule has 0 radical (unpaired) electrons. The molecule has 1 saturated heterocycles. The van der Waals surface area contributed by atoms with Crippen LogP contribution >= 0.6 is 0 Å². The predicted molar refractivity (Wildman–Crippen MR) is 92.0 cm³/mol. The van der Waals surface area contributed by atoms with Crippen LogP contribution < -0.4 is 5.32 Å². The van der Waals surface area contributed by atoms with Gasteiger partial charge >= 0.3 is 0 Å². The highest BCUT2D eigenvalue weighted by atomic mass is 15.3. The van der Waals surface area contributed by atoms with E-state index in [-0.39, 0.29) is 0 Å². The molecule has 6 nitrogen and oxygen atoms in total. The van der Waals surface area contributed by atoms with Crippen LogP contribution in [0.4, 0.5) is 5.82 Å². The topological polar surface area (TPSA) is 58.9 Å². The van der Waals surface area contributed by atoms with Crippen LogP contribution in [-0.2, 0) is 0 Å². The van der Waals surface area contributed by atoms with Crippen LogP contribution in [0.5, 0.6) is 0 Å². The molecule has 0 bridgehead atoms. The lowest BCUT2D eigenvalue weighted by molar-refractivity contribution is 0.199. The van der Waals surface area contributed by atoms with Crippen molar-refractivity contribution in [1.29, 1.82) is 0 Å². The number of aryl methyl sites for hydroxylation is 2. The summed E-state index contributed by atoms with van der Waals surface area (Å²) in [5, 5.41) is 7.84. The van der Waals surface area contributed by atoms with E-state index in [1.54, 1.807) is 12.4 Å². The van der Waals surface area contributed by atoms with Crippen molar-refractivity contribution in [2.45, 2.75) is 33.6 Å². The van der Waals surface area contributed by atoms with Gasteiger partial charge in [0.05, 0.1) is 18.1 Å². The van der Waals surface area contributed by atoms with Crippen LogP contribution in [0.15, 0.2) is 18.5 Å². The number of nitrogens with one attached hydrogen (secondary N) is 1. The number of nitrogens with zero attached hydrogens (tertiary/aromatic N) is 5. The van der Waals surface area contributed by atoms with E-state index in [1.165, 1.54) is 25.9 Å². The molecule has 6 heteroatoms. The molecule has 0 aliphatic carbocycles. The fourth-order valence-corrected chi connectivity index (χ4v) is 3.03. The average Bonchev–Trinajstić information content (AvgIpc) is 2.88. The summed E-state index contributed by atoms with van der Waals surface area (Å²) in [5.41, 5.74) is 2.05. The molecule has 2 aromatic rings. The molecule has 1 N–H and O–H groups in total. The molecule has 0 aromatic carbocycles. The highest BCUT2D eigenvalue weighted by molar-refractivity contribution is 5.36. The number of anilines is 1. The number of hydrogen-bond donors (Lipinski definition) is 1. The van der Waals surface area contributed by atoms with Crippen molar-refractivity contribution >= 4 is 5.82 Å². The van der Waals surface area contributed by atoms with Gasteiger partial charge in [0, 0.05) is 18.8 Å². The van der Waals surface area contributed by atoms with Gasteiger partial charge in [0.15, 0.2) is 5.82 Å². The number of hydrogen-bond acceptors (Lipinski definition) is 5. The normalized spacial score (nSPS) is 16.7. The molecule has 1 aliphatic heterocycles. The highest BCUT2D eigenvalue weighted by Gasteiger charge is 2.15. The van der Waals surface area contributed by atoms with Gasteiger partial charge in [-0.25, -0.2) is 9.67 Å². The molecule has 3 heterocycles. The molecular formula is C17H26N6. The van der Waals surface area contributed by atoms with E-state index in [9.17, 15) is 0 Å². The molecule has 0 atom stereocenters. The first-order chi connectivity index (χ1) is 11.1. The molecule has 0 spiro atoms. The monoisotopic (exact) mass is 314 g/mol. The largest absolute Gasteiger partial charge is 0.367 e. The van der Waals surface area contributed by atoms with E-state index in [0.29, 0.717) is 0 Å². The van der Waals surface area contributed by atoms with Gasteiger partial charge in [-0.1, -0.05) is 6.92 Å². The lowest BCUT2D eigenvalue weighted by Crippen LogP contribution is -2.36. The molecule has 23 heavy (non-hydrogen) atoms. The smallest absolute Gasteiger partial charge is 0.174 e. The molecule has 0 unspecified atom stereocenters. The Kier molecular flexibility index (Phi) is 4.91. The summed E-state index contributed by atoms with van der Waals surface area (Å²) in [5.74, 6) is 2.44. The second-order valence-electron chi connectivity index (χ2n) is 6.55. The Balaban J connectivity index is 1.57. The summed E-state index contributed by atoms with van der Waals surface area (Å²) in [6.45, 7) is 10.7. The summed E-state index contributed by atoms with van der Waals surface area (Å²) in [7, 11) is 0. The maximum atomic E-state index is 4.62.